The molecule has 14 heteroatoms. The van der Waals surface area contributed by atoms with E-state index in [0.29, 0.717) is 16.5 Å². The van der Waals surface area contributed by atoms with Gasteiger partial charge in [0.05, 0.1) is 48.0 Å². The van der Waals surface area contributed by atoms with E-state index in [9.17, 15) is 4.79 Å². The minimum absolute atomic E-state index is 0. The number of fused-ring (bicyclic) bond motifs is 19. The molecule has 0 spiro atoms. The summed E-state index contributed by atoms with van der Waals surface area (Å²) in [6, 6.07) is 73.9. The quantitative estimate of drug-likeness (QED) is 0.0515. The Labute approximate surface area is 501 Å². The van der Waals surface area contributed by atoms with Gasteiger partial charge in [0.25, 0.3) is 0 Å². The number of carbonyl (C=O) groups excluding carboxylic acids is 1. The van der Waals surface area contributed by atoms with E-state index in [-0.39, 0.29) is 7.43 Å². The number of imidazole rings is 2. The molecule has 17 rings (SSSR count). The Kier molecular flexibility index (Phi) is 15.3. The van der Waals surface area contributed by atoms with Crippen molar-refractivity contribution >= 4 is 196 Å². The second-order valence-electron chi connectivity index (χ2n) is 18.8. The SMILES string of the molecule is C.Clc1ncccc1I.Nc1ccccc1N.O=Cc1cccc2c1sc1ccccc12.c1ccc2[nH]c(-c3cccc4c3sc3ccccc34)nc2c1.c1ccc2c(c1)nc1c3c(ccc4c5ccccc5sc43)c3ncccc3n21. The molecule has 0 bridgehead atoms. The Hall–Kier alpha value is -8.83. The smallest absolute Gasteiger partial charge is 0.151 e. The monoisotopic (exact) mass is 1250 g/mol. The van der Waals surface area contributed by atoms with Gasteiger partial charge >= 0.3 is 0 Å². The van der Waals surface area contributed by atoms with Crippen LogP contribution in [0.5, 0.6) is 0 Å². The zero-order valence-corrected chi connectivity index (χ0v) is 48.2. The van der Waals surface area contributed by atoms with Crippen LogP contribution in [0.4, 0.5) is 11.4 Å². The number of nitrogens with two attached hydrogens (primary N) is 2. The number of aromatic nitrogens is 6. The van der Waals surface area contributed by atoms with E-state index in [1.807, 2.05) is 108 Å². The van der Waals surface area contributed by atoms with Crippen LogP contribution in [-0.2, 0) is 0 Å². The fourth-order valence-electron chi connectivity index (χ4n) is 10.2. The number of aldehydes is 1. The predicted octanol–water partition coefficient (Wildman–Crippen LogP) is 19.8. The van der Waals surface area contributed by atoms with Gasteiger partial charge in [-0.1, -0.05) is 152 Å². The number of benzene rings is 9. The summed E-state index contributed by atoms with van der Waals surface area (Å²) in [4.78, 5) is 32.8. The van der Waals surface area contributed by atoms with Gasteiger partial charge in [-0.15, -0.1) is 34.0 Å². The number of aromatic amines is 1. The van der Waals surface area contributed by atoms with Gasteiger partial charge in [-0.3, -0.25) is 14.2 Å². The number of rotatable bonds is 2. The van der Waals surface area contributed by atoms with Gasteiger partial charge in [0.1, 0.15) is 16.6 Å². The molecule has 0 aliphatic carbocycles. The molecule has 0 saturated carbocycles. The molecule has 0 amide bonds. The third-order valence-electron chi connectivity index (χ3n) is 13.9. The number of thiophene rings is 3. The van der Waals surface area contributed by atoms with E-state index in [1.54, 1.807) is 29.7 Å². The van der Waals surface area contributed by atoms with Crippen LogP contribution in [0.2, 0.25) is 5.15 Å². The summed E-state index contributed by atoms with van der Waals surface area (Å²) in [5, 5.41) is 10.6. The van der Waals surface area contributed by atoms with Crippen molar-refractivity contribution in [3.05, 3.63) is 245 Å². The van der Waals surface area contributed by atoms with E-state index < -0.39 is 0 Å². The maximum Gasteiger partial charge on any atom is 0.151 e. The number of pyridine rings is 3. The number of hydrogen-bond donors (Lipinski definition) is 3. The van der Waals surface area contributed by atoms with Crippen molar-refractivity contribution in [3.8, 4) is 11.4 Å². The molecule has 17 aromatic rings. The second kappa shape index (κ2) is 23.3. The second-order valence-corrected chi connectivity index (χ2v) is 23.5. The predicted molar refractivity (Wildman–Crippen MR) is 361 cm³/mol. The van der Waals surface area contributed by atoms with Crippen molar-refractivity contribution in [2.45, 2.75) is 7.43 Å². The summed E-state index contributed by atoms with van der Waals surface area (Å²) in [5.41, 5.74) is 21.4. The zero-order valence-electron chi connectivity index (χ0n) is 42.8. The van der Waals surface area contributed by atoms with Crippen LogP contribution < -0.4 is 11.5 Å². The summed E-state index contributed by atoms with van der Waals surface area (Å²) < 4.78 is 10.8. The lowest BCUT2D eigenvalue weighted by Gasteiger charge is -2.09. The number of H-pyrrole nitrogens is 1. The lowest BCUT2D eigenvalue weighted by molar-refractivity contribution is 0.112. The Morgan fingerprint density at radius 2 is 1.01 bits per heavy atom. The molecule has 8 aromatic heterocycles. The van der Waals surface area contributed by atoms with E-state index in [1.165, 1.54) is 66.8 Å². The van der Waals surface area contributed by atoms with Crippen molar-refractivity contribution in [1.82, 2.24) is 29.3 Å². The van der Waals surface area contributed by atoms with Gasteiger partial charge in [0, 0.05) is 94.8 Å². The third-order valence-corrected chi connectivity index (χ3v) is 19.1. The molecule has 398 valence electrons. The molecule has 9 aromatic carbocycles. The first-order chi connectivity index (χ1) is 39.8. The third kappa shape index (κ3) is 10.1. The first kappa shape index (κ1) is 53.8. The van der Waals surface area contributed by atoms with Crippen molar-refractivity contribution < 1.29 is 4.79 Å². The fraction of sp³-hybridized carbons (Fsp3) is 0.0147. The van der Waals surface area contributed by atoms with Gasteiger partial charge in [-0.05, 0) is 108 Å². The number of carbonyl (C=O) groups is 1. The van der Waals surface area contributed by atoms with Gasteiger partial charge in [-0.25, -0.2) is 15.0 Å². The summed E-state index contributed by atoms with van der Waals surface area (Å²) >= 11 is 13.1. The number of anilines is 2. The zero-order chi connectivity index (χ0) is 55.0. The maximum absolute atomic E-state index is 10.9. The number of para-hydroxylation sites is 6. The first-order valence-corrected chi connectivity index (χ1v) is 29.7. The van der Waals surface area contributed by atoms with Crippen molar-refractivity contribution in [2.75, 3.05) is 11.5 Å². The highest BCUT2D eigenvalue weighted by atomic mass is 127. The van der Waals surface area contributed by atoms with Crippen LogP contribution >= 0.6 is 68.2 Å². The number of nitrogens with zero attached hydrogens (tertiary/aromatic N) is 5. The van der Waals surface area contributed by atoms with Gasteiger partial charge < -0.3 is 16.5 Å². The summed E-state index contributed by atoms with van der Waals surface area (Å²) in [6.45, 7) is 0. The lowest BCUT2D eigenvalue weighted by atomic mass is 10.1. The van der Waals surface area contributed by atoms with Crippen LogP contribution in [0, 0.1) is 3.57 Å². The van der Waals surface area contributed by atoms with Crippen molar-refractivity contribution in [2.24, 2.45) is 0 Å². The molecule has 8 heterocycles. The van der Waals surface area contributed by atoms with Crippen molar-refractivity contribution in [3.63, 3.8) is 0 Å². The van der Waals surface area contributed by atoms with E-state index in [0.717, 1.165) is 70.1 Å². The Morgan fingerprint density at radius 1 is 0.488 bits per heavy atom. The van der Waals surface area contributed by atoms with Gasteiger partial charge in [0.15, 0.2) is 6.29 Å². The summed E-state index contributed by atoms with van der Waals surface area (Å²) in [7, 11) is 0. The standard InChI is InChI=1S/C24H13N3S.C19H12N2S.C13H8OS.C6H8N2.C5H3ClIN.CH4/c1-4-10-20-14(6-1)15-11-12-16-21(23(15)28-20)24-26-17-7-2-3-8-18(17)27(24)19-9-5-13-25-22(16)19;1-4-11-17-12(6-1)13-7-5-8-14(18(13)22-17)19-20-15-9-2-3-10-16(15)21-19;14-8-9-4-3-6-11-10-5-1-2-7-12(10)15-13(9)11;7-5-3-1-2-4-6(5)8;6-5-4(7)2-1-3-8-5;/h1-13H;1-11H,(H,20,21);1-8H;1-4H,7-8H2;1-3H;1H4. The molecular weight excluding hydrogens is 1200 g/mol. The largest absolute Gasteiger partial charge is 0.397 e. The maximum atomic E-state index is 10.9. The van der Waals surface area contributed by atoms with E-state index in [2.05, 4.69) is 164 Å². The molecule has 0 aliphatic heterocycles. The molecule has 82 heavy (non-hydrogen) atoms. The molecule has 0 aliphatic rings. The molecule has 0 unspecified atom stereocenters. The molecule has 0 atom stereocenters. The molecule has 5 N–H and O–H groups in total. The normalized spacial score (nSPS) is 11.1. The highest BCUT2D eigenvalue weighted by Gasteiger charge is 2.19. The highest BCUT2D eigenvalue weighted by Crippen LogP contribution is 2.43. The Balaban J connectivity index is 0.000000110. The number of nitrogen functional groups attached to an aromatic ring is 2. The highest BCUT2D eigenvalue weighted by molar-refractivity contribution is 14.1. The molecule has 9 nitrogen and oxygen atoms in total. The molecule has 0 radical (unpaired) electrons. The van der Waals surface area contributed by atoms with Crippen molar-refractivity contribution in [1.29, 1.82) is 0 Å². The van der Waals surface area contributed by atoms with Gasteiger partial charge in [-0.2, -0.15) is 0 Å². The molecule has 0 fully saturated rings. The number of hydrogen-bond acceptors (Lipinski definition) is 10. The van der Waals surface area contributed by atoms with E-state index in [4.69, 9.17) is 38.0 Å². The number of nitrogens with one attached hydrogen (secondary N) is 1. The topological polar surface area (TPSA) is 141 Å². The minimum Gasteiger partial charge on any atom is -0.397 e. The van der Waals surface area contributed by atoms with Crippen LogP contribution in [0.25, 0.3) is 121 Å². The first-order valence-electron chi connectivity index (χ1n) is 25.8. The van der Waals surface area contributed by atoms with E-state index >= 15 is 0 Å². The van der Waals surface area contributed by atoms with Crippen LogP contribution in [-0.4, -0.2) is 35.6 Å². The summed E-state index contributed by atoms with van der Waals surface area (Å²) in [6.07, 6.45) is 4.48. The fourth-order valence-corrected chi connectivity index (χ4v) is 14.3. The van der Waals surface area contributed by atoms with Gasteiger partial charge in [0.2, 0.25) is 0 Å². The Morgan fingerprint density at radius 3 is 1.66 bits per heavy atom. The average molecular weight is 1250 g/mol. The average Bonchev–Trinajstić information content (AvgIpc) is 2.35. The lowest BCUT2D eigenvalue weighted by Crippen LogP contribution is -1.93. The molecular formula is C68H48ClIN8OS3. The molecule has 0 saturated heterocycles. The minimum atomic E-state index is 0. The Bertz CT molecular complexity index is 5080. The van der Waals surface area contributed by atoms with Crippen LogP contribution in [0.1, 0.15) is 17.8 Å². The number of halogens is 2. The summed E-state index contributed by atoms with van der Waals surface area (Å²) in [5.74, 6) is 0.943. The van der Waals surface area contributed by atoms with Crippen LogP contribution in [0.3, 0.4) is 0 Å². The van der Waals surface area contributed by atoms with Crippen LogP contribution in [0.15, 0.2) is 231 Å².